The molecule has 3 rings (SSSR count). The van der Waals surface area contributed by atoms with E-state index in [-0.39, 0.29) is 12.5 Å². The van der Waals surface area contributed by atoms with Crippen molar-refractivity contribution in [2.24, 2.45) is 5.92 Å². The predicted octanol–water partition coefficient (Wildman–Crippen LogP) is 4.02. The van der Waals surface area contributed by atoms with Crippen molar-refractivity contribution in [2.75, 3.05) is 0 Å². The minimum Gasteiger partial charge on any atom is -0.469 e. The molecular weight excluding hydrogens is 345 g/mol. The number of hydrogen-bond acceptors (Lipinski definition) is 5. The summed E-state index contributed by atoms with van der Waals surface area (Å²) in [5, 5.41) is 0.524. The van der Waals surface area contributed by atoms with Crippen LogP contribution in [-0.4, -0.2) is 21.2 Å². The number of carbonyl (C=O) groups is 1. The standard InChI is InChI=1S/C18H17ClFN3O2/c19-14-5-6-15(21-9-14)11-25-18-16(20)10-22-17(23-18)13-3-1-12(2-4-13)7-8-24/h3,5-6,8-10,12H,1-2,4,7,11H2. The number of hydrogen-bond donors (Lipinski definition) is 0. The van der Waals surface area contributed by atoms with Gasteiger partial charge in [-0.3, -0.25) is 4.98 Å². The summed E-state index contributed by atoms with van der Waals surface area (Å²) in [6.07, 6.45) is 8.63. The zero-order valence-electron chi connectivity index (χ0n) is 13.5. The van der Waals surface area contributed by atoms with Crippen molar-refractivity contribution in [1.29, 1.82) is 0 Å². The molecular formula is C18H17ClFN3O2. The van der Waals surface area contributed by atoms with Gasteiger partial charge in [-0.2, -0.15) is 9.37 Å². The average Bonchev–Trinajstić information content (AvgIpc) is 2.63. The van der Waals surface area contributed by atoms with Crippen LogP contribution in [0.15, 0.2) is 30.6 Å². The molecule has 0 aliphatic heterocycles. The van der Waals surface area contributed by atoms with Crippen LogP contribution in [0.3, 0.4) is 0 Å². The van der Waals surface area contributed by atoms with Gasteiger partial charge in [0.15, 0.2) is 5.82 Å². The van der Waals surface area contributed by atoms with Crippen LogP contribution >= 0.6 is 11.6 Å². The van der Waals surface area contributed by atoms with Crippen molar-refractivity contribution in [3.63, 3.8) is 0 Å². The first-order valence-electron chi connectivity index (χ1n) is 8.04. The maximum Gasteiger partial charge on any atom is 0.254 e. The maximum absolute atomic E-state index is 13.9. The SMILES string of the molecule is O=CCC1CC=C(c2ncc(F)c(OCc3ccc(Cl)cn3)n2)CC1. The Hall–Kier alpha value is -2.34. The summed E-state index contributed by atoms with van der Waals surface area (Å²) in [5.41, 5.74) is 1.58. The Balaban J connectivity index is 1.70. The van der Waals surface area contributed by atoms with Gasteiger partial charge in [0.2, 0.25) is 5.82 Å². The Morgan fingerprint density at radius 3 is 2.88 bits per heavy atom. The molecule has 1 aliphatic carbocycles. The molecule has 5 nitrogen and oxygen atoms in total. The number of halogens is 2. The van der Waals surface area contributed by atoms with Crippen LogP contribution in [0.1, 0.15) is 37.2 Å². The zero-order chi connectivity index (χ0) is 17.6. The van der Waals surface area contributed by atoms with Gasteiger partial charge in [-0.15, -0.1) is 0 Å². The summed E-state index contributed by atoms with van der Waals surface area (Å²) in [6.45, 7) is 0.0883. The molecule has 0 aromatic carbocycles. The number of aldehydes is 1. The molecule has 1 unspecified atom stereocenters. The largest absolute Gasteiger partial charge is 0.469 e. The second-order valence-electron chi connectivity index (χ2n) is 5.88. The molecule has 0 amide bonds. The maximum atomic E-state index is 13.9. The topological polar surface area (TPSA) is 65.0 Å². The molecule has 130 valence electrons. The first-order chi connectivity index (χ1) is 12.2. The minimum atomic E-state index is -0.618. The molecule has 0 radical (unpaired) electrons. The van der Waals surface area contributed by atoms with Crippen LogP contribution in [0.5, 0.6) is 5.88 Å². The van der Waals surface area contributed by atoms with Crippen molar-refractivity contribution >= 4 is 23.5 Å². The lowest BCUT2D eigenvalue weighted by molar-refractivity contribution is -0.108. The lowest BCUT2D eigenvalue weighted by Crippen LogP contribution is -2.09. The molecule has 25 heavy (non-hydrogen) atoms. The molecule has 1 aliphatic rings. The summed E-state index contributed by atoms with van der Waals surface area (Å²) in [6, 6.07) is 3.40. The highest BCUT2D eigenvalue weighted by atomic mass is 35.5. The molecule has 2 heterocycles. The monoisotopic (exact) mass is 361 g/mol. The van der Waals surface area contributed by atoms with Gasteiger partial charge in [0, 0.05) is 12.6 Å². The molecule has 1 atom stereocenters. The van der Waals surface area contributed by atoms with E-state index in [2.05, 4.69) is 15.0 Å². The van der Waals surface area contributed by atoms with Crippen LogP contribution in [0.2, 0.25) is 5.02 Å². The lowest BCUT2D eigenvalue weighted by Gasteiger charge is -2.19. The zero-order valence-corrected chi connectivity index (χ0v) is 14.2. The highest BCUT2D eigenvalue weighted by Gasteiger charge is 2.18. The molecule has 0 saturated heterocycles. The van der Waals surface area contributed by atoms with Gasteiger partial charge in [-0.25, -0.2) is 4.98 Å². The van der Waals surface area contributed by atoms with Gasteiger partial charge in [0.05, 0.1) is 16.9 Å². The highest BCUT2D eigenvalue weighted by Crippen LogP contribution is 2.30. The minimum absolute atomic E-state index is 0.0883. The summed E-state index contributed by atoms with van der Waals surface area (Å²) in [7, 11) is 0. The van der Waals surface area contributed by atoms with Gasteiger partial charge < -0.3 is 9.53 Å². The van der Waals surface area contributed by atoms with E-state index in [1.54, 1.807) is 12.1 Å². The average molecular weight is 362 g/mol. The smallest absolute Gasteiger partial charge is 0.254 e. The Morgan fingerprint density at radius 1 is 1.32 bits per heavy atom. The number of ether oxygens (including phenoxy) is 1. The van der Waals surface area contributed by atoms with Crippen molar-refractivity contribution in [2.45, 2.75) is 32.3 Å². The van der Waals surface area contributed by atoms with Gasteiger partial charge in [-0.05, 0) is 42.9 Å². The van der Waals surface area contributed by atoms with Crippen molar-refractivity contribution in [3.05, 3.63) is 53.0 Å². The quantitative estimate of drug-likeness (QED) is 0.727. The Bertz CT molecular complexity index is 780. The number of allylic oxidation sites excluding steroid dienone is 2. The molecule has 0 N–H and O–H groups in total. The van der Waals surface area contributed by atoms with E-state index >= 15 is 0 Å². The highest BCUT2D eigenvalue weighted by molar-refractivity contribution is 6.30. The van der Waals surface area contributed by atoms with Gasteiger partial charge in [-0.1, -0.05) is 17.7 Å². The van der Waals surface area contributed by atoms with Crippen molar-refractivity contribution in [1.82, 2.24) is 15.0 Å². The first kappa shape index (κ1) is 17.5. The summed E-state index contributed by atoms with van der Waals surface area (Å²) in [5.74, 6) is 0.115. The summed E-state index contributed by atoms with van der Waals surface area (Å²) >= 11 is 5.78. The molecule has 2 aromatic rings. The van der Waals surface area contributed by atoms with Gasteiger partial charge in [0.25, 0.3) is 5.88 Å². The van der Waals surface area contributed by atoms with E-state index in [1.807, 2.05) is 6.08 Å². The third-order valence-corrected chi connectivity index (χ3v) is 4.32. The Labute approximate surface area is 149 Å². The fraction of sp³-hybridized carbons (Fsp3) is 0.333. The van der Waals surface area contributed by atoms with Crippen LogP contribution in [-0.2, 0) is 11.4 Å². The van der Waals surface area contributed by atoms with Crippen LogP contribution in [0.25, 0.3) is 5.57 Å². The van der Waals surface area contributed by atoms with E-state index in [0.29, 0.717) is 28.9 Å². The number of pyridine rings is 1. The normalized spacial score (nSPS) is 17.0. The summed E-state index contributed by atoms with van der Waals surface area (Å²) < 4.78 is 19.4. The molecule has 0 saturated carbocycles. The number of nitrogens with zero attached hydrogens (tertiary/aromatic N) is 3. The van der Waals surface area contributed by atoms with Gasteiger partial charge in [0.1, 0.15) is 12.9 Å². The first-order valence-corrected chi connectivity index (χ1v) is 8.42. The predicted molar refractivity (Wildman–Crippen MR) is 91.6 cm³/mol. The fourth-order valence-corrected chi connectivity index (χ4v) is 2.80. The van der Waals surface area contributed by atoms with Crippen LogP contribution in [0.4, 0.5) is 4.39 Å². The number of carbonyl (C=O) groups excluding carboxylic acids is 1. The van der Waals surface area contributed by atoms with E-state index in [9.17, 15) is 9.18 Å². The van der Waals surface area contributed by atoms with E-state index in [4.69, 9.17) is 16.3 Å². The number of aromatic nitrogens is 3. The molecule has 0 bridgehead atoms. The second kappa shape index (κ2) is 8.16. The van der Waals surface area contributed by atoms with Crippen molar-refractivity contribution in [3.8, 4) is 5.88 Å². The number of rotatable bonds is 6. The molecule has 2 aromatic heterocycles. The van der Waals surface area contributed by atoms with Crippen LogP contribution < -0.4 is 4.74 Å². The van der Waals surface area contributed by atoms with Crippen LogP contribution in [0, 0.1) is 11.7 Å². The molecule has 7 heteroatoms. The fourth-order valence-electron chi connectivity index (χ4n) is 2.68. The second-order valence-corrected chi connectivity index (χ2v) is 6.31. The van der Waals surface area contributed by atoms with E-state index < -0.39 is 5.82 Å². The summed E-state index contributed by atoms with van der Waals surface area (Å²) in [4.78, 5) is 23.0. The third-order valence-electron chi connectivity index (χ3n) is 4.09. The van der Waals surface area contributed by atoms with E-state index in [0.717, 1.165) is 37.3 Å². The lowest BCUT2D eigenvalue weighted by atomic mass is 9.87. The molecule has 0 fully saturated rings. The van der Waals surface area contributed by atoms with Crippen molar-refractivity contribution < 1.29 is 13.9 Å². The Kier molecular flexibility index (Phi) is 5.71. The Morgan fingerprint density at radius 2 is 2.20 bits per heavy atom. The third kappa shape index (κ3) is 4.60. The van der Waals surface area contributed by atoms with Gasteiger partial charge >= 0.3 is 0 Å². The molecule has 0 spiro atoms. The van der Waals surface area contributed by atoms with E-state index in [1.165, 1.54) is 6.20 Å².